The molecule has 1 amide bonds. The Morgan fingerprint density at radius 3 is 2.68 bits per heavy atom. The number of rotatable bonds is 10. The fraction of sp³-hybridized carbons (Fsp3) is 0.353. The van der Waals surface area contributed by atoms with E-state index in [1.807, 2.05) is 6.07 Å². The highest BCUT2D eigenvalue weighted by atomic mass is 16.5. The van der Waals surface area contributed by atoms with Gasteiger partial charge in [-0.1, -0.05) is 6.07 Å². The van der Waals surface area contributed by atoms with E-state index < -0.39 is 18.5 Å². The van der Waals surface area contributed by atoms with Crippen LogP contribution < -0.4 is 19.9 Å². The summed E-state index contributed by atoms with van der Waals surface area (Å²) in [5.74, 6) is -1.36. The number of hydrogen-bond donors (Lipinski definition) is 1. The van der Waals surface area contributed by atoms with Crippen LogP contribution in [0.2, 0.25) is 0 Å². The molecule has 134 valence electrons. The molecular weight excluding hydrogens is 328 g/mol. The highest BCUT2D eigenvalue weighted by Crippen LogP contribution is 2.28. The van der Waals surface area contributed by atoms with Crippen molar-refractivity contribution >= 4 is 18.0 Å². The van der Waals surface area contributed by atoms with Crippen LogP contribution in [0.15, 0.2) is 23.8 Å². The molecule has 0 unspecified atom stereocenters. The summed E-state index contributed by atoms with van der Waals surface area (Å²) in [5.41, 5.74) is 0.462. The lowest BCUT2D eigenvalue weighted by Crippen LogP contribution is -2.29. The first kappa shape index (κ1) is 20.0. The molecule has 0 aliphatic heterocycles. The topological polar surface area (TPSA) is 121 Å². The molecule has 25 heavy (non-hydrogen) atoms. The molecule has 0 heterocycles. The monoisotopic (exact) mass is 347 g/mol. The summed E-state index contributed by atoms with van der Waals surface area (Å²) in [6, 6.07) is 6.43. The number of carboxylic acid groups (broad SMARTS) is 1. The zero-order chi connectivity index (χ0) is 18.7. The van der Waals surface area contributed by atoms with E-state index in [2.05, 4.69) is 5.32 Å². The number of benzene rings is 1. The van der Waals surface area contributed by atoms with Gasteiger partial charge in [0.25, 0.3) is 5.91 Å². The van der Waals surface area contributed by atoms with Crippen molar-refractivity contribution in [1.29, 1.82) is 5.26 Å². The highest BCUT2D eigenvalue weighted by molar-refractivity contribution is 6.01. The molecular formula is C17H19N2O6-. The molecule has 0 aliphatic rings. The molecule has 0 fully saturated rings. The number of hydrogen-bond acceptors (Lipinski definition) is 7. The van der Waals surface area contributed by atoms with Crippen LogP contribution in [0.5, 0.6) is 11.5 Å². The number of nitrogens with zero attached hydrogens (tertiary/aromatic N) is 1. The van der Waals surface area contributed by atoms with Gasteiger partial charge in [-0.05, 0) is 30.2 Å². The number of ether oxygens (including phenoxy) is 3. The van der Waals surface area contributed by atoms with E-state index in [4.69, 9.17) is 19.5 Å². The summed E-state index contributed by atoms with van der Waals surface area (Å²) in [4.78, 5) is 22.4. The molecule has 1 N–H and O–H groups in total. The Balaban J connectivity index is 2.86. The van der Waals surface area contributed by atoms with Gasteiger partial charge in [0.15, 0.2) is 11.5 Å². The van der Waals surface area contributed by atoms with Crippen LogP contribution in [-0.2, 0) is 14.3 Å². The van der Waals surface area contributed by atoms with Crippen LogP contribution in [0.4, 0.5) is 0 Å². The predicted molar refractivity (Wildman–Crippen MR) is 86.6 cm³/mol. The zero-order valence-electron chi connectivity index (χ0n) is 14.0. The lowest BCUT2D eigenvalue weighted by atomic mass is 10.1. The normalized spacial score (nSPS) is 10.7. The molecule has 1 aromatic carbocycles. The van der Waals surface area contributed by atoms with E-state index in [0.29, 0.717) is 25.1 Å². The first-order valence-electron chi connectivity index (χ1n) is 7.41. The van der Waals surface area contributed by atoms with Crippen molar-refractivity contribution in [3.63, 3.8) is 0 Å². The average molecular weight is 347 g/mol. The molecule has 8 nitrogen and oxygen atoms in total. The van der Waals surface area contributed by atoms with Gasteiger partial charge < -0.3 is 29.4 Å². The maximum absolute atomic E-state index is 12.0. The molecule has 8 heteroatoms. The molecule has 0 saturated carbocycles. The van der Waals surface area contributed by atoms with Gasteiger partial charge in [-0.25, -0.2) is 0 Å². The number of aliphatic carboxylic acids is 1. The van der Waals surface area contributed by atoms with Crippen molar-refractivity contribution in [3.8, 4) is 17.6 Å². The Bertz CT molecular complexity index is 678. The largest absolute Gasteiger partial charge is 0.546 e. The van der Waals surface area contributed by atoms with Crippen LogP contribution in [0.3, 0.4) is 0 Å². The van der Waals surface area contributed by atoms with E-state index in [-0.39, 0.29) is 17.1 Å². The Morgan fingerprint density at radius 2 is 2.08 bits per heavy atom. The minimum Gasteiger partial charge on any atom is -0.546 e. The van der Waals surface area contributed by atoms with E-state index >= 15 is 0 Å². The van der Waals surface area contributed by atoms with Gasteiger partial charge in [0, 0.05) is 20.3 Å². The number of carboxylic acids is 1. The van der Waals surface area contributed by atoms with Gasteiger partial charge in [-0.15, -0.1) is 0 Å². The maximum Gasteiger partial charge on any atom is 0.261 e. The minimum atomic E-state index is -1.36. The summed E-state index contributed by atoms with van der Waals surface area (Å²) in [6.07, 6.45) is 2.04. The number of methoxy groups -OCH3 is 2. The molecule has 0 atom stereocenters. The van der Waals surface area contributed by atoms with Crippen LogP contribution >= 0.6 is 0 Å². The molecule has 0 saturated heterocycles. The second kappa shape index (κ2) is 10.7. The number of nitriles is 1. The molecule has 1 rings (SSSR count). The third kappa shape index (κ3) is 6.93. The molecule has 0 spiro atoms. The lowest BCUT2D eigenvalue weighted by Gasteiger charge is -2.11. The number of nitrogens with one attached hydrogen (secondary N) is 1. The first-order valence-corrected chi connectivity index (χ1v) is 7.41. The van der Waals surface area contributed by atoms with Crippen LogP contribution in [-0.4, -0.2) is 45.9 Å². The van der Waals surface area contributed by atoms with Crippen molar-refractivity contribution < 1.29 is 28.9 Å². The number of amides is 1. The van der Waals surface area contributed by atoms with Crippen molar-refractivity contribution in [1.82, 2.24) is 5.32 Å². The van der Waals surface area contributed by atoms with Crippen molar-refractivity contribution in [3.05, 3.63) is 29.3 Å². The van der Waals surface area contributed by atoms with Gasteiger partial charge in [0.05, 0.1) is 13.1 Å². The summed E-state index contributed by atoms with van der Waals surface area (Å²) in [6.45, 7) is 0.292. The van der Waals surface area contributed by atoms with E-state index in [1.165, 1.54) is 25.3 Å². The third-order valence-electron chi connectivity index (χ3n) is 3.02. The van der Waals surface area contributed by atoms with E-state index in [9.17, 15) is 14.7 Å². The van der Waals surface area contributed by atoms with Gasteiger partial charge >= 0.3 is 0 Å². The summed E-state index contributed by atoms with van der Waals surface area (Å²) >= 11 is 0. The number of carbonyl (C=O) groups is 2. The maximum atomic E-state index is 12.0. The summed E-state index contributed by atoms with van der Waals surface area (Å²) in [7, 11) is 2.96. The Labute approximate surface area is 145 Å². The molecule has 1 aromatic rings. The van der Waals surface area contributed by atoms with E-state index in [1.54, 1.807) is 13.2 Å². The average Bonchev–Trinajstić information content (AvgIpc) is 2.61. The smallest absolute Gasteiger partial charge is 0.261 e. The number of carbonyl (C=O) groups excluding carboxylic acids is 2. The standard InChI is InChI=1S/C17H20N2O6/c1-23-7-3-6-19-17(22)13(10-18)8-12-4-5-14(15(9-12)24-2)25-11-16(20)21/h4-5,8-9H,3,6-7,11H2,1-2H3,(H,19,22)(H,20,21)/p-1/b13-8+. The second-order valence-corrected chi connectivity index (χ2v) is 4.84. The van der Waals surface area contributed by atoms with Crippen LogP contribution in [0, 0.1) is 11.3 Å². The van der Waals surface area contributed by atoms with Crippen LogP contribution in [0.25, 0.3) is 6.08 Å². The fourth-order valence-corrected chi connectivity index (χ4v) is 1.86. The third-order valence-corrected chi connectivity index (χ3v) is 3.02. The second-order valence-electron chi connectivity index (χ2n) is 4.84. The van der Waals surface area contributed by atoms with Crippen LogP contribution in [0.1, 0.15) is 12.0 Å². The molecule has 0 radical (unpaired) electrons. The van der Waals surface area contributed by atoms with Crippen molar-refractivity contribution in [2.75, 3.05) is 34.0 Å². The lowest BCUT2D eigenvalue weighted by molar-refractivity contribution is -0.307. The SMILES string of the molecule is COCCCNC(=O)/C(C#N)=C/c1ccc(OCC(=O)[O-])c(OC)c1. The Kier molecular flexibility index (Phi) is 8.54. The van der Waals surface area contributed by atoms with E-state index in [0.717, 1.165) is 0 Å². The van der Waals surface area contributed by atoms with Gasteiger partial charge in [0.2, 0.25) is 0 Å². The van der Waals surface area contributed by atoms with Gasteiger partial charge in [-0.3, -0.25) is 4.79 Å². The van der Waals surface area contributed by atoms with Gasteiger partial charge in [0.1, 0.15) is 18.2 Å². The fourth-order valence-electron chi connectivity index (χ4n) is 1.86. The predicted octanol–water partition coefficient (Wildman–Crippen LogP) is -0.116. The zero-order valence-corrected chi connectivity index (χ0v) is 14.0. The minimum absolute atomic E-state index is 0.0668. The quantitative estimate of drug-likeness (QED) is 0.356. The molecule has 0 aromatic heterocycles. The van der Waals surface area contributed by atoms with Crippen molar-refractivity contribution in [2.45, 2.75) is 6.42 Å². The molecule has 0 bridgehead atoms. The van der Waals surface area contributed by atoms with Gasteiger partial charge in [-0.2, -0.15) is 5.26 Å². The Hall–Kier alpha value is -3.05. The summed E-state index contributed by atoms with van der Waals surface area (Å²) < 4.78 is 15.0. The summed E-state index contributed by atoms with van der Waals surface area (Å²) in [5, 5.41) is 22.2. The highest BCUT2D eigenvalue weighted by Gasteiger charge is 2.10. The molecule has 0 aliphatic carbocycles. The van der Waals surface area contributed by atoms with Crippen molar-refractivity contribution in [2.24, 2.45) is 0 Å². The Morgan fingerprint density at radius 1 is 1.32 bits per heavy atom. The first-order chi connectivity index (χ1) is 12.0.